The van der Waals surface area contributed by atoms with Gasteiger partial charge < -0.3 is 14.7 Å². The lowest BCUT2D eigenvalue weighted by atomic mass is 10.2. The van der Waals surface area contributed by atoms with Crippen molar-refractivity contribution >= 4 is 17.2 Å². The Kier molecular flexibility index (Phi) is 7.97. The van der Waals surface area contributed by atoms with Gasteiger partial charge in [-0.05, 0) is 23.9 Å². The van der Waals surface area contributed by atoms with Gasteiger partial charge in [0, 0.05) is 26.6 Å². The van der Waals surface area contributed by atoms with E-state index in [-0.39, 0.29) is 12.5 Å². The second kappa shape index (κ2) is 9.54. The number of amides is 1. The van der Waals surface area contributed by atoms with E-state index in [1.807, 2.05) is 18.4 Å². The molecule has 0 atom stereocenters. The van der Waals surface area contributed by atoms with Crippen LogP contribution in [0.5, 0.6) is 0 Å². The van der Waals surface area contributed by atoms with Gasteiger partial charge in [-0.25, -0.2) is 0 Å². The summed E-state index contributed by atoms with van der Waals surface area (Å²) in [6, 6.07) is 1.99. The highest BCUT2D eigenvalue weighted by molar-refractivity contribution is 7.10. The molecule has 0 radical (unpaired) electrons. The van der Waals surface area contributed by atoms with Gasteiger partial charge >= 0.3 is 0 Å². The first-order chi connectivity index (χ1) is 9.67. The Morgan fingerprint density at radius 3 is 3.05 bits per heavy atom. The molecule has 20 heavy (non-hydrogen) atoms. The summed E-state index contributed by atoms with van der Waals surface area (Å²) in [4.78, 5) is 14.5. The fourth-order valence-electron chi connectivity index (χ4n) is 1.59. The molecule has 1 heterocycles. The number of carbonyl (C=O) groups excluding carboxylic acids is 1. The number of ether oxygens (including phenoxy) is 1. The van der Waals surface area contributed by atoms with Crippen LogP contribution >= 0.6 is 11.3 Å². The topological polar surface area (TPSA) is 49.8 Å². The van der Waals surface area contributed by atoms with Gasteiger partial charge in [0.2, 0.25) is 5.91 Å². The maximum absolute atomic E-state index is 11.8. The molecule has 0 spiro atoms. The van der Waals surface area contributed by atoms with Crippen molar-refractivity contribution in [2.45, 2.75) is 26.3 Å². The molecule has 0 aliphatic rings. The van der Waals surface area contributed by atoms with Crippen LogP contribution in [0.25, 0.3) is 0 Å². The summed E-state index contributed by atoms with van der Waals surface area (Å²) in [6.07, 6.45) is 0.903. The van der Waals surface area contributed by atoms with Crippen LogP contribution in [0.3, 0.4) is 0 Å². The maximum atomic E-state index is 11.8. The molecular weight excluding hydrogens is 274 g/mol. The monoisotopic (exact) mass is 295 g/mol. The molecule has 0 aliphatic heterocycles. The number of nitrogens with zero attached hydrogens (tertiary/aromatic N) is 1. The predicted molar refractivity (Wildman–Crippen MR) is 80.5 cm³/mol. The quantitative estimate of drug-likeness (QED) is 0.617. The Morgan fingerprint density at radius 2 is 2.35 bits per heavy atom. The Hall–Kier alpha value is -1.35. The van der Waals surface area contributed by atoms with Crippen LogP contribution in [0, 0.1) is 11.8 Å². The van der Waals surface area contributed by atoms with Crippen molar-refractivity contribution in [2.24, 2.45) is 0 Å². The van der Waals surface area contributed by atoms with Gasteiger partial charge in [0.25, 0.3) is 0 Å². The molecule has 110 valence electrons. The summed E-state index contributed by atoms with van der Waals surface area (Å²) in [5.41, 5.74) is 1.08. The third-order valence-corrected chi connectivity index (χ3v) is 3.51. The zero-order chi connectivity index (χ0) is 14.8. The summed E-state index contributed by atoms with van der Waals surface area (Å²) in [5, 5.41) is 10.7. The van der Waals surface area contributed by atoms with E-state index in [0.29, 0.717) is 32.6 Å². The van der Waals surface area contributed by atoms with Crippen molar-refractivity contribution in [1.82, 2.24) is 4.90 Å². The summed E-state index contributed by atoms with van der Waals surface area (Å²) in [5.74, 6) is 5.96. The SMILES string of the molecule is CCOCCC(=O)N(C)Cc1csc(C#CCCO)c1. The van der Waals surface area contributed by atoms with Crippen molar-refractivity contribution in [3.05, 3.63) is 21.9 Å². The van der Waals surface area contributed by atoms with Gasteiger partial charge in [0.1, 0.15) is 0 Å². The first-order valence-electron chi connectivity index (χ1n) is 6.66. The number of hydrogen-bond donors (Lipinski definition) is 1. The van der Waals surface area contributed by atoms with E-state index in [9.17, 15) is 4.79 Å². The zero-order valence-corrected chi connectivity index (χ0v) is 12.8. The summed E-state index contributed by atoms with van der Waals surface area (Å²) in [7, 11) is 1.79. The smallest absolute Gasteiger partial charge is 0.224 e. The van der Waals surface area contributed by atoms with Crippen molar-refractivity contribution in [1.29, 1.82) is 0 Å². The number of aliphatic hydroxyl groups excluding tert-OH is 1. The van der Waals surface area contributed by atoms with Crippen LogP contribution in [0.2, 0.25) is 0 Å². The molecule has 0 unspecified atom stereocenters. The standard InChI is InChI=1S/C15H21NO3S/c1-3-19-9-7-15(18)16(2)11-13-10-14(20-12-13)6-4-5-8-17/h10,12,17H,3,5,7-9,11H2,1-2H3. The molecule has 0 aliphatic carbocycles. The van der Waals surface area contributed by atoms with E-state index >= 15 is 0 Å². The van der Waals surface area contributed by atoms with Gasteiger partial charge in [-0.3, -0.25) is 4.79 Å². The normalized spacial score (nSPS) is 9.95. The molecule has 1 N–H and O–H groups in total. The maximum Gasteiger partial charge on any atom is 0.224 e. The molecule has 4 nitrogen and oxygen atoms in total. The highest BCUT2D eigenvalue weighted by Crippen LogP contribution is 2.15. The largest absolute Gasteiger partial charge is 0.395 e. The Bertz CT molecular complexity index is 473. The highest BCUT2D eigenvalue weighted by Gasteiger charge is 2.09. The van der Waals surface area contributed by atoms with Crippen LogP contribution < -0.4 is 0 Å². The lowest BCUT2D eigenvalue weighted by molar-refractivity contribution is -0.131. The number of rotatable bonds is 7. The third-order valence-electron chi connectivity index (χ3n) is 2.61. The van der Waals surface area contributed by atoms with Gasteiger partial charge in [-0.1, -0.05) is 11.8 Å². The first-order valence-corrected chi connectivity index (χ1v) is 7.54. The molecule has 1 amide bonds. The molecule has 0 bridgehead atoms. The zero-order valence-electron chi connectivity index (χ0n) is 12.0. The first kappa shape index (κ1) is 16.7. The van der Waals surface area contributed by atoms with Crippen LogP contribution in [0.1, 0.15) is 30.2 Å². The molecule has 1 rings (SSSR count). The van der Waals surface area contributed by atoms with E-state index < -0.39 is 0 Å². The molecule has 0 saturated heterocycles. The minimum atomic E-state index is 0.0811. The summed E-state index contributed by atoms with van der Waals surface area (Å²) < 4.78 is 5.18. The van der Waals surface area contributed by atoms with E-state index in [1.54, 1.807) is 23.3 Å². The Labute approximate surface area is 124 Å². The molecule has 1 aromatic rings. The molecule has 1 aromatic heterocycles. The molecule has 0 saturated carbocycles. The lowest BCUT2D eigenvalue weighted by Gasteiger charge is -2.16. The van der Waals surface area contributed by atoms with E-state index in [0.717, 1.165) is 10.4 Å². The van der Waals surface area contributed by atoms with Gasteiger partial charge in [0.05, 0.1) is 24.5 Å². The van der Waals surface area contributed by atoms with E-state index in [4.69, 9.17) is 9.84 Å². The van der Waals surface area contributed by atoms with Crippen LogP contribution in [0.4, 0.5) is 0 Å². The summed E-state index contributed by atoms with van der Waals surface area (Å²) in [6.45, 7) is 3.70. The average Bonchev–Trinajstić information content (AvgIpc) is 2.86. The molecule has 0 fully saturated rings. The second-order valence-electron chi connectivity index (χ2n) is 4.29. The number of hydrogen-bond acceptors (Lipinski definition) is 4. The number of aliphatic hydroxyl groups is 1. The van der Waals surface area contributed by atoms with Crippen molar-refractivity contribution in [3.63, 3.8) is 0 Å². The fraction of sp³-hybridized carbons (Fsp3) is 0.533. The third kappa shape index (κ3) is 6.20. The molecular formula is C15H21NO3S. The van der Waals surface area contributed by atoms with Crippen LogP contribution in [-0.2, 0) is 16.1 Å². The minimum Gasteiger partial charge on any atom is -0.395 e. The van der Waals surface area contributed by atoms with Crippen molar-refractivity contribution in [3.8, 4) is 11.8 Å². The van der Waals surface area contributed by atoms with E-state index in [2.05, 4.69) is 11.8 Å². The van der Waals surface area contributed by atoms with Gasteiger partial charge in [-0.2, -0.15) is 0 Å². The lowest BCUT2D eigenvalue weighted by Crippen LogP contribution is -2.26. The Balaban J connectivity index is 2.44. The van der Waals surface area contributed by atoms with Gasteiger partial charge in [0.15, 0.2) is 0 Å². The number of thiophene rings is 1. The van der Waals surface area contributed by atoms with Crippen LogP contribution in [-0.4, -0.2) is 42.8 Å². The van der Waals surface area contributed by atoms with Crippen LogP contribution in [0.15, 0.2) is 11.4 Å². The van der Waals surface area contributed by atoms with Crippen molar-refractivity contribution < 1.29 is 14.6 Å². The summed E-state index contributed by atoms with van der Waals surface area (Å²) >= 11 is 1.56. The number of carbonyl (C=O) groups is 1. The molecule has 0 aromatic carbocycles. The average molecular weight is 295 g/mol. The van der Waals surface area contributed by atoms with Crippen molar-refractivity contribution in [2.75, 3.05) is 26.9 Å². The van der Waals surface area contributed by atoms with Gasteiger partial charge in [-0.15, -0.1) is 11.3 Å². The molecule has 5 heteroatoms. The van der Waals surface area contributed by atoms with E-state index in [1.165, 1.54) is 0 Å². The Morgan fingerprint density at radius 1 is 1.55 bits per heavy atom. The predicted octanol–water partition coefficient (Wildman–Crippen LogP) is 1.87. The minimum absolute atomic E-state index is 0.0811. The fourth-order valence-corrected chi connectivity index (χ4v) is 2.36. The highest BCUT2D eigenvalue weighted by atomic mass is 32.1. The second-order valence-corrected chi connectivity index (χ2v) is 5.20.